The molecule has 0 aliphatic carbocycles. The van der Waals surface area contributed by atoms with Crippen LogP contribution in [0.4, 0.5) is 10.5 Å². The van der Waals surface area contributed by atoms with E-state index in [1.165, 1.54) is 0 Å². The minimum absolute atomic E-state index is 0.00363. The quantitative estimate of drug-likeness (QED) is 0.484. The van der Waals surface area contributed by atoms with Gasteiger partial charge in [0.05, 0.1) is 12.3 Å². The molecule has 2 atom stereocenters. The van der Waals surface area contributed by atoms with Gasteiger partial charge in [-0.05, 0) is 41.5 Å². The van der Waals surface area contributed by atoms with Crippen LogP contribution in [0.15, 0.2) is 66.7 Å². The van der Waals surface area contributed by atoms with E-state index in [-0.39, 0.29) is 25.7 Å². The Morgan fingerprint density at radius 2 is 1.70 bits per heavy atom. The fraction of sp³-hybridized carbons (Fsp3) is 0.292. The maximum atomic E-state index is 12.7. The molecule has 0 saturated carbocycles. The van der Waals surface area contributed by atoms with Crippen LogP contribution in [0.25, 0.3) is 10.8 Å². The van der Waals surface area contributed by atoms with Crippen LogP contribution < -0.4 is 10.1 Å². The molecule has 0 aromatic heterocycles. The summed E-state index contributed by atoms with van der Waals surface area (Å²) in [4.78, 5) is 12.7. The third kappa shape index (κ3) is 5.49. The molecule has 0 aliphatic heterocycles. The number of carbonyl (C=O) groups excluding carboxylic acids is 1. The van der Waals surface area contributed by atoms with Crippen molar-refractivity contribution in [2.45, 2.75) is 19.4 Å². The standard InChI is InChI=1S/C24H27NO5/c1-17(13-14-26)23(19-9-11-20(12-10-19)29-16-15-27)30-24(28)25-22-8-4-6-18-5-2-3-7-21(18)22/h2-12,17,23,26-27H,13-16H2,1H3,(H,25,28)/t17-,23+/m1/s1. The molecule has 158 valence electrons. The lowest BCUT2D eigenvalue weighted by atomic mass is 9.94. The first-order valence-electron chi connectivity index (χ1n) is 10.0. The minimum Gasteiger partial charge on any atom is -0.491 e. The number of fused-ring (bicyclic) bond motifs is 1. The van der Waals surface area contributed by atoms with Crippen molar-refractivity contribution in [3.8, 4) is 5.75 Å². The molecule has 3 aromatic carbocycles. The molecular formula is C24H27NO5. The molecule has 0 unspecified atom stereocenters. The maximum Gasteiger partial charge on any atom is 0.412 e. The smallest absolute Gasteiger partial charge is 0.412 e. The summed E-state index contributed by atoms with van der Waals surface area (Å²) in [6.45, 7) is 2.09. The first-order valence-corrected chi connectivity index (χ1v) is 10.0. The number of hydrogen-bond acceptors (Lipinski definition) is 5. The molecule has 0 radical (unpaired) electrons. The second kappa shape index (κ2) is 10.6. The van der Waals surface area contributed by atoms with E-state index in [9.17, 15) is 9.90 Å². The highest BCUT2D eigenvalue weighted by Gasteiger charge is 2.24. The van der Waals surface area contributed by atoms with Gasteiger partial charge in [0, 0.05) is 12.0 Å². The molecule has 6 nitrogen and oxygen atoms in total. The molecular weight excluding hydrogens is 382 g/mol. The Hall–Kier alpha value is -3.09. The number of amides is 1. The van der Waals surface area contributed by atoms with Gasteiger partial charge in [0.25, 0.3) is 0 Å². The van der Waals surface area contributed by atoms with Crippen LogP contribution in [0.5, 0.6) is 5.75 Å². The lowest BCUT2D eigenvalue weighted by Crippen LogP contribution is -2.22. The summed E-state index contributed by atoms with van der Waals surface area (Å²) in [6.07, 6.45) is -0.588. The Balaban J connectivity index is 1.76. The fourth-order valence-electron chi connectivity index (χ4n) is 3.37. The van der Waals surface area contributed by atoms with Gasteiger partial charge in [-0.3, -0.25) is 5.32 Å². The molecule has 0 heterocycles. The van der Waals surface area contributed by atoms with E-state index in [2.05, 4.69) is 5.32 Å². The van der Waals surface area contributed by atoms with Crippen LogP contribution >= 0.6 is 0 Å². The van der Waals surface area contributed by atoms with Gasteiger partial charge in [-0.1, -0.05) is 55.5 Å². The summed E-state index contributed by atoms with van der Waals surface area (Å²) in [5, 5.41) is 23.0. The number of nitrogens with one attached hydrogen (secondary N) is 1. The number of carbonyl (C=O) groups is 1. The predicted molar refractivity (Wildman–Crippen MR) is 117 cm³/mol. The van der Waals surface area contributed by atoms with E-state index in [0.717, 1.165) is 16.3 Å². The second-order valence-corrected chi connectivity index (χ2v) is 7.11. The number of benzene rings is 3. The van der Waals surface area contributed by atoms with Crippen molar-refractivity contribution in [2.24, 2.45) is 5.92 Å². The molecule has 1 amide bonds. The van der Waals surface area contributed by atoms with Crippen molar-refractivity contribution >= 4 is 22.6 Å². The van der Waals surface area contributed by atoms with Gasteiger partial charge in [0.2, 0.25) is 0 Å². The SMILES string of the molecule is C[C@H](CCO)[C@H](OC(=O)Nc1cccc2ccccc12)c1ccc(OCCO)cc1. The van der Waals surface area contributed by atoms with E-state index in [1.54, 1.807) is 12.1 Å². The van der Waals surface area contributed by atoms with Crippen LogP contribution in [0.1, 0.15) is 25.0 Å². The monoisotopic (exact) mass is 409 g/mol. The Morgan fingerprint density at radius 1 is 0.967 bits per heavy atom. The highest BCUT2D eigenvalue weighted by Crippen LogP contribution is 2.31. The maximum absolute atomic E-state index is 12.7. The largest absolute Gasteiger partial charge is 0.491 e. The minimum atomic E-state index is -0.554. The van der Waals surface area contributed by atoms with Gasteiger partial charge in [-0.25, -0.2) is 4.79 Å². The molecule has 0 fully saturated rings. The molecule has 3 rings (SSSR count). The van der Waals surface area contributed by atoms with Crippen LogP contribution in [0, 0.1) is 5.92 Å². The third-order valence-corrected chi connectivity index (χ3v) is 4.93. The number of aliphatic hydroxyl groups excluding tert-OH is 2. The van der Waals surface area contributed by atoms with E-state index in [0.29, 0.717) is 17.9 Å². The third-order valence-electron chi connectivity index (χ3n) is 4.93. The highest BCUT2D eigenvalue weighted by atomic mass is 16.6. The van der Waals surface area contributed by atoms with Gasteiger partial charge in [0.1, 0.15) is 18.5 Å². The molecule has 0 bridgehead atoms. The average Bonchev–Trinajstić information content (AvgIpc) is 2.77. The molecule has 0 saturated heterocycles. The molecule has 3 N–H and O–H groups in total. The van der Waals surface area contributed by atoms with Gasteiger partial charge in [-0.15, -0.1) is 0 Å². The topological polar surface area (TPSA) is 88.0 Å². The number of anilines is 1. The molecule has 6 heteroatoms. The molecule has 3 aromatic rings. The van der Waals surface area contributed by atoms with E-state index in [4.69, 9.17) is 14.6 Å². The number of hydrogen-bond donors (Lipinski definition) is 3. The van der Waals surface area contributed by atoms with Gasteiger partial charge in [-0.2, -0.15) is 0 Å². The number of ether oxygens (including phenoxy) is 2. The number of rotatable bonds is 9. The van der Waals surface area contributed by atoms with Crippen molar-refractivity contribution in [3.63, 3.8) is 0 Å². The van der Waals surface area contributed by atoms with E-state index < -0.39 is 12.2 Å². The zero-order valence-corrected chi connectivity index (χ0v) is 17.0. The average molecular weight is 409 g/mol. The molecule has 0 spiro atoms. The van der Waals surface area contributed by atoms with Crippen molar-refractivity contribution in [3.05, 3.63) is 72.3 Å². The second-order valence-electron chi connectivity index (χ2n) is 7.11. The Bertz CT molecular complexity index is 952. The van der Waals surface area contributed by atoms with Gasteiger partial charge < -0.3 is 19.7 Å². The highest BCUT2D eigenvalue weighted by molar-refractivity contribution is 6.00. The fourth-order valence-corrected chi connectivity index (χ4v) is 3.37. The Morgan fingerprint density at radius 3 is 2.43 bits per heavy atom. The molecule has 0 aliphatic rings. The Kier molecular flexibility index (Phi) is 7.65. The van der Waals surface area contributed by atoms with Gasteiger partial charge >= 0.3 is 6.09 Å². The van der Waals surface area contributed by atoms with Crippen molar-refractivity contribution < 1.29 is 24.5 Å². The normalized spacial score (nSPS) is 12.9. The summed E-state index contributed by atoms with van der Waals surface area (Å²) in [5.74, 6) is 0.541. The van der Waals surface area contributed by atoms with E-state index >= 15 is 0 Å². The van der Waals surface area contributed by atoms with E-state index in [1.807, 2.05) is 61.5 Å². The van der Waals surface area contributed by atoms with Crippen LogP contribution in [-0.4, -0.2) is 36.1 Å². The zero-order chi connectivity index (χ0) is 21.3. The number of aliphatic hydroxyl groups is 2. The van der Waals surface area contributed by atoms with Crippen molar-refractivity contribution in [1.29, 1.82) is 0 Å². The molecule has 30 heavy (non-hydrogen) atoms. The summed E-state index contributed by atoms with van der Waals surface area (Å²) < 4.78 is 11.2. The zero-order valence-electron chi connectivity index (χ0n) is 17.0. The van der Waals surface area contributed by atoms with Gasteiger partial charge in [0.15, 0.2) is 0 Å². The lowest BCUT2D eigenvalue weighted by Gasteiger charge is -2.24. The predicted octanol–water partition coefficient (Wildman–Crippen LogP) is 4.52. The summed E-state index contributed by atoms with van der Waals surface area (Å²) in [6, 6.07) is 20.7. The van der Waals surface area contributed by atoms with Crippen LogP contribution in [0.3, 0.4) is 0 Å². The lowest BCUT2D eigenvalue weighted by molar-refractivity contribution is 0.0667. The first kappa shape index (κ1) is 21.6. The van der Waals surface area contributed by atoms with Crippen LogP contribution in [0.2, 0.25) is 0 Å². The Labute approximate surface area is 176 Å². The van der Waals surface area contributed by atoms with Crippen molar-refractivity contribution in [2.75, 3.05) is 25.1 Å². The summed E-state index contributed by atoms with van der Waals surface area (Å²) in [5.41, 5.74) is 1.49. The summed E-state index contributed by atoms with van der Waals surface area (Å²) in [7, 11) is 0. The van der Waals surface area contributed by atoms with Crippen molar-refractivity contribution in [1.82, 2.24) is 0 Å². The van der Waals surface area contributed by atoms with Crippen LogP contribution in [-0.2, 0) is 4.74 Å². The summed E-state index contributed by atoms with van der Waals surface area (Å²) >= 11 is 0. The first-order chi connectivity index (χ1) is 14.6.